The highest BCUT2D eigenvalue weighted by Gasteiger charge is 2.31. The maximum absolute atomic E-state index is 13.1. The first kappa shape index (κ1) is 26.5. The second-order valence-electron chi connectivity index (χ2n) is 8.73. The first-order chi connectivity index (χ1) is 16.1. The van der Waals surface area contributed by atoms with Gasteiger partial charge in [-0.1, -0.05) is 44.5 Å². The maximum Gasteiger partial charge on any atom is 0.416 e. The lowest BCUT2D eigenvalue weighted by Gasteiger charge is -2.21. The summed E-state index contributed by atoms with van der Waals surface area (Å²) >= 11 is 6.04. The summed E-state index contributed by atoms with van der Waals surface area (Å²) < 4.78 is 68.0. The van der Waals surface area contributed by atoms with E-state index in [9.17, 15) is 26.4 Å². The minimum absolute atomic E-state index is 0.0509. The molecule has 3 N–H and O–H groups in total. The van der Waals surface area contributed by atoms with E-state index < -0.39 is 27.7 Å². The SMILES string of the molecule is CC(C)(C)c1ccc(C(=O)Nc2cccc(S(N)(=O)=O)c2)c(Oc2ccc(C(F)(F)F)cc2Cl)c1. The van der Waals surface area contributed by atoms with Gasteiger partial charge in [0.2, 0.25) is 10.0 Å². The van der Waals surface area contributed by atoms with Gasteiger partial charge < -0.3 is 10.1 Å². The average molecular weight is 527 g/mol. The van der Waals surface area contributed by atoms with E-state index in [0.717, 1.165) is 23.8 Å². The molecule has 1 amide bonds. The molecule has 0 aliphatic heterocycles. The van der Waals surface area contributed by atoms with Crippen molar-refractivity contribution in [2.75, 3.05) is 5.32 Å². The molecule has 35 heavy (non-hydrogen) atoms. The molecule has 0 fully saturated rings. The number of rotatable bonds is 5. The van der Waals surface area contributed by atoms with Gasteiger partial charge in [0, 0.05) is 5.69 Å². The summed E-state index contributed by atoms with van der Waals surface area (Å²) in [6.07, 6.45) is -4.58. The standard InChI is InChI=1S/C24H22ClF3N2O4S/c1-23(2,3)14-7-9-18(22(31)30-16-5-4-6-17(13-16)35(29,32)33)21(12-14)34-20-10-8-15(11-19(20)25)24(26,27)28/h4-13H,1-3H3,(H,30,31)(H2,29,32,33). The van der Waals surface area contributed by atoms with Crippen molar-refractivity contribution in [3.05, 3.63) is 82.4 Å². The number of anilines is 1. The third-order valence-electron chi connectivity index (χ3n) is 4.99. The Hall–Kier alpha value is -3.08. The Bertz CT molecular complexity index is 1380. The van der Waals surface area contributed by atoms with Gasteiger partial charge in [-0.2, -0.15) is 13.2 Å². The van der Waals surface area contributed by atoms with Crippen molar-refractivity contribution in [2.45, 2.75) is 37.3 Å². The van der Waals surface area contributed by atoms with Crippen LogP contribution in [-0.4, -0.2) is 14.3 Å². The number of nitrogens with two attached hydrogens (primary N) is 1. The first-order valence-corrected chi connectivity index (χ1v) is 12.1. The molecule has 11 heteroatoms. The predicted octanol–water partition coefficient (Wildman–Crippen LogP) is 6.35. The molecule has 6 nitrogen and oxygen atoms in total. The quantitative estimate of drug-likeness (QED) is 0.405. The molecule has 0 spiro atoms. The van der Waals surface area contributed by atoms with Crippen LogP contribution in [0.2, 0.25) is 5.02 Å². The second-order valence-corrected chi connectivity index (χ2v) is 10.7. The van der Waals surface area contributed by atoms with E-state index >= 15 is 0 Å². The van der Waals surface area contributed by atoms with E-state index in [0.29, 0.717) is 0 Å². The van der Waals surface area contributed by atoms with Gasteiger partial charge in [0.1, 0.15) is 11.5 Å². The van der Waals surface area contributed by atoms with Crippen molar-refractivity contribution in [2.24, 2.45) is 5.14 Å². The number of sulfonamides is 1. The normalized spacial score (nSPS) is 12.3. The van der Waals surface area contributed by atoms with Gasteiger partial charge in [-0.15, -0.1) is 0 Å². The van der Waals surface area contributed by atoms with Crippen molar-refractivity contribution in [3.63, 3.8) is 0 Å². The zero-order chi connectivity index (χ0) is 26.2. The smallest absolute Gasteiger partial charge is 0.416 e. The van der Waals surface area contributed by atoms with Crippen molar-refractivity contribution in [1.29, 1.82) is 0 Å². The van der Waals surface area contributed by atoms with Crippen molar-refractivity contribution < 1.29 is 31.1 Å². The number of ether oxygens (including phenoxy) is 1. The second kappa shape index (κ2) is 9.52. The number of hydrogen-bond donors (Lipinski definition) is 2. The van der Waals surface area contributed by atoms with E-state index in [-0.39, 0.29) is 38.1 Å². The summed E-state index contributed by atoms with van der Waals surface area (Å²) in [6.45, 7) is 5.82. The van der Waals surface area contributed by atoms with Gasteiger partial charge in [-0.3, -0.25) is 4.79 Å². The lowest BCUT2D eigenvalue weighted by atomic mass is 9.86. The van der Waals surface area contributed by atoms with Crippen molar-refractivity contribution in [1.82, 2.24) is 0 Å². The number of hydrogen-bond acceptors (Lipinski definition) is 4. The van der Waals surface area contributed by atoms with Crippen LogP contribution in [0.1, 0.15) is 42.3 Å². The van der Waals surface area contributed by atoms with E-state index in [1.807, 2.05) is 20.8 Å². The highest BCUT2D eigenvalue weighted by molar-refractivity contribution is 7.89. The lowest BCUT2D eigenvalue weighted by molar-refractivity contribution is -0.137. The number of amides is 1. The summed E-state index contributed by atoms with van der Waals surface area (Å²) in [5.74, 6) is -0.662. The molecule has 186 valence electrons. The molecule has 0 saturated heterocycles. The Morgan fingerprint density at radius 2 is 1.60 bits per heavy atom. The van der Waals surface area contributed by atoms with Crippen LogP contribution in [0.3, 0.4) is 0 Å². The van der Waals surface area contributed by atoms with Gasteiger partial charge in [-0.25, -0.2) is 13.6 Å². The molecule has 0 saturated carbocycles. The summed E-state index contributed by atoms with van der Waals surface area (Å²) in [6, 6.07) is 12.8. The van der Waals surface area contributed by atoms with Crippen LogP contribution in [0.25, 0.3) is 0 Å². The Morgan fingerprint density at radius 1 is 0.943 bits per heavy atom. The first-order valence-electron chi connectivity index (χ1n) is 10.2. The number of benzene rings is 3. The fraction of sp³-hybridized carbons (Fsp3) is 0.208. The molecule has 0 bridgehead atoms. The number of carbonyl (C=O) groups is 1. The topological polar surface area (TPSA) is 98.5 Å². The summed E-state index contributed by atoms with van der Waals surface area (Å²) in [4.78, 5) is 12.9. The molecule has 0 aliphatic carbocycles. The molecule has 0 aromatic heterocycles. The highest BCUT2D eigenvalue weighted by Crippen LogP contribution is 2.38. The fourth-order valence-corrected chi connectivity index (χ4v) is 3.87. The molecular formula is C24H22ClF3N2O4S. The van der Waals surface area contributed by atoms with Crippen LogP contribution >= 0.6 is 11.6 Å². The van der Waals surface area contributed by atoms with E-state index in [4.69, 9.17) is 21.5 Å². The summed E-state index contributed by atoms with van der Waals surface area (Å²) in [5, 5.41) is 7.44. The van der Waals surface area contributed by atoms with Crippen molar-refractivity contribution >= 4 is 33.2 Å². The van der Waals surface area contributed by atoms with Crippen LogP contribution in [0.4, 0.5) is 18.9 Å². The summed E-state index contributed by atoms with van der Waals surface area (Å²) in [7, 11) is -3.99. The zero-order valence-corrected chi connectivity index (χ0v) is 20.5. The highest BCUT2D eigenvalue weighted by atomic mass is 35.5. The van der Waals surface area contributed by atoms with Crippen LogP contribution in [-0.2, 0) is 21.6 Å². The molecule has 0 heterocycles. The minimum atomic E-state index is -4.58. The molecular weight excluding hydrogens is 505 g/mol. The molecule has 0 aliphatic rings. The zero-order valence-electron chi connectivity index (χ0n) is 18.9. The van der Waals surface area contributed by atoms with E-state index in [2.05, 4.69) is 5.32 Å². The van der Waals surface area contributed by atoms with E-state index in [1.54, 1.807) is 12.1 Å². The van der Waals surface area contributed by atoms with Gasteiger partial charge in [-0.05, 0) is 59.5 Å². The third-order valence-corrected chi connectivity index (χ3v) is 6.20. The number of primary sulfonamides is 1. The van der Waals surface area contributed by atoms with Gasteiger partial charge in [0.15, 0.2) is 0 Å². The fourth-order valence-electron chi connectivity index (χ4n) is 3.09. The van der Waals surface area contributed by atoms with Gasteiger partial charge in [0.25, 0.3) is 5.91 Å². The molecule has 0 atom stereocenters. The monoisotopic (exact) mass is 526 g/mol. The Kier molecular flexibility index (Phi) is 7.21. The minimum Gasteiger partial charge on any atom is -0.455 e. The van der Waals surface area contributed by atoms with Crippen LogP contribution in [0.5, 0.6) is 11.5 Å². The van der Waals surface area contributed by atoms with Gasteiger partial charge >= 0.3 is 6.18 Å². The van der Waals surface area contributed by atoms with Crippen LogP contribution in [0.15, 0.2) is 65.6 Å². The Labute approximate surface area is 205 Å². The predicted molar refractivity (Wildman–Crippen MR) is 127 cm³/mol. The Morgan fingerprint density at radius 3 is 2.17 bits per heavy atom. The summed E-state index contributed by atoms with van der Waals surface area (Å²) in [5.41, 5.74) is -0.259. The molecule has 0 radical (unpaired) electrons. The number of alkyl halides is 3. The number of nitrogens with one attached hydrogen (secondary N) is 1. The number of halogens is 4. The maximum atomic E-state index is 13.1. The lowest BCUT2D eigenvalue weighted by Crippen LogP contribution is -2.17. The molecule has 0 unspecified atom stereocenters. The molecule has 3 aromatic rings. The Balaban J connectivity index is 2.01. The largest absolute Gasteiger partial charge is 0.455 e. The molecule has 3 rings (SSSR count). The van der Waals surface area contributed by atoms with Gasteiger partial charge in [0.05, 0.1) is 21.0 Å². The third kappa shape index (κ3) is 6.53. The van der Waals surface area contributed by atoms with Crippen LogP contribution < -0.4 is 15.2 Å². The molecule has 3 aromatic carbocycles. The van der Waals surface area contributed by atoms with E-state index in [1.165, 1.54) is 30.3 Å². The van der Waals surface area contributed by atoms with Crippen molar-refractivity contribution in [3.8, 4) is 11.5 Å². The van der Waals surface area contributed by atoms with Crippen LogP contribution in [0, 0.1) is 0 Å². The number of carbonyl (C=O) groups excluding carboxylic acids is 1. The average Bonchev–Trinajstić information content (AvgIpc) is 2.73.